The lowest BCUT2D eigenvalue weighted by Crippen LogP contribution is -2.13. The summed E-state index contributed by atoms with van der Waals surface area (Å²) in [4.78, 5) is 11.2. The Labute approximate surface area is 77.7 Å². The molecule has 1 rings (SSSR count). The Kier molecular flexibility index (Phi) is 3.59. The van der Waals surface area contributed by atoms with E-state index in [1.807, 2.05) is 6.07 Å². The third-order valence-corrected chi connectivity index (χ3v) is 2.91. The summed E-state index contributed by atoms with van der Waals surface area (Å²) in [5.74, 6) is 0. The minimum Gasteiger partial charge on any atom is -0.358 e. The van der Waals surface area contributed by atoms with Crippen LogP contribution in [0.15, 0.2) is 15.9 Å². The number of thiophene rings is 1. The molecular weight excluding hydrogens is 226 g/mol. The van der Waals surface area contributed by atoms with Gasteiger partial charge in [0.2, 0.25) is 6.41 Å². The molecule has 0 aromatic carbocycles. The Morgan fingerprint density at radius 2 is 2.45 bits per heavy atom. The first-order valence-corrected chi connectivity index (χ1v) is 4.85. The molecule has 0 saturated heterocycles. The average molecular weight is 234 g/mol. The number of carbonyl (C=O) groups is 1. The van der Waals surface area contributed by atoms with E-state index in [0.29, 0.717) is 0 Å². The van der Waals surface area contributed by atoms with Crippen LogP contribution in [0.3, 0.4) is 0 Å². The fourth-order valence-electron chi connectivity index (χ4n) is 0.740. The zero-order valence-corrected chi connectivity index (χ0v) is 8.24. The first-order chi connectivity index (χ1) is 5.33. The summed E-state index contributed by atoms with van der Waals surface area (Å²) in [6.07, 6.45) is 1.64. The molecule has 0 aliphatic carbocycles. The highest BCUT2D eigenvalue weighted by atomic mass is 79.9. The number of rotatable bonds is 4. The lowest BCUT2D eigenvalue weighted by atomic mass is 10.3. The standard InChI is InChI=1S/C7H8BrNOS/c8-7-2-1-6(11-7)3-4-9-5-10/h1-2,5H,3-4H2,(H,9,10). The van der Waals surface area contributed by atoms with Crippen molar-refractivity contribution in [2.45, 2.75) is 6.42 Å². The number of hydrogen-bond donors (Lipinski definition) is 1. The number of nitrogens with one attached hydrogen (secondary N) is 1. The van der Waals surface area contributed by atoms with Crippen molar-refractivity contribution in [3.05, 3.63) is 20.8 Å². The summed E-state index contributed by atoms with van der Waals surface area (Å²) >= 11 is 5.07. The lowest BCUT2D eigenvalue weighted by molar-refractivity contribution is -0.109. The van der Waals surface area contributed by atoms with E-state index in [-0.39, 0.29) is 0 Å². The SMILES string of the molecule is O=CNCCc1ccc(Br)s1. The molecule has 4 heteroatoms. The molecule has 0 fully saturated rings. The van der Waals surface area contributed by atoms with Gasteiger partial charge < -0.3 is 5.32 Å². The van der Waals surface area contributed by atoms with Crippen LogP contribution in [0.1, 0.15) is 4.88 Å². The Morgan fingerprint density at radius 3 is 3.00 bits per heavy atom. The van der Waals surface area contributed by atoms with Crippen LogP contribution in [0.4, 0.5) is 0 Å². The fraction of sp³-hybridized carbons (Fsp3) is 0.286. The first-order valence-electron chi connectivity index (χ1n) is 3.24. The second-order valence-corrected chi connectivity index (χ2v) is 4.58. The van der Waals surface area contributed by atoms with Gasteiger partial charge in [-0.25, -0.2) is 0 Å². The molecule has 0 aliphatic rings. The third kappa shape index (κ3) is 3.03. The molecule has 1 N–H and O–H groups in total. The molecule has 0 spiro atoms. The van der Waals surface area contributed by atoms with Crippen molar-refractivity contribution in [1.29, 1.82) is 0 Å². The van der Waals surface area contributed by atoms with Gasteiger partial charge in [0.05, 0.1) is 3.79 Å². The second kappa shape index (κ2) is 4.51. The zero-order valence-electron chi connectivity index (χ0n) is 5.84. The van der Waals surface area contributed by atoms with E-state index < -0.39 is 0 Å². The summed E-state index contributed by atoms with van der Waals surface area (Å²) in [6, 6.07) is 4.07. The van der Waals surface area contributed by atoms with Gasteiger partial charge in [-0.1, -0.05) is 0 Å². The highest BCUT2D eigenvalue weighted by Gasteiger charge is 1.95. The van der Waals surface area contributed by atoms with Gasteiger partial charge in [-0.05, 0) is 34.5 Å². The third-order valence-electron chi connectivity index (χ3n) is 1.23. The van der Waals surface area contributed by atoms with Crippen molar-refractivity contribution in [2.75, 3.05) is 6.54 Å². The number of amides is 1. The molecule has 2 nitrogen and oxygen atoms in total. The Hall–Kier alpha value is -0.350. The molecule has 0 aliphatic heterocycles. The smallest absolute Gasteiger partial charge is 0.207 e. The van der Waals surface area contributed by atoms with Gasteiger partial charge in [-0.3, -0.25) is 4.79 Å². The summed E-state index contributed by atoms with van der Waals surface area (Å²) in [5.41, 5.74) is 0. The summed E-state index contributed by atoms with van der Waals surface area (Å²) in [5, 5.41) is 2.62. The number of halogens is 1. The van der Waals surface area contributed by atoms with Crippen LogP contribution in [0.25, 0.3) is 0 Å². The molecule has 1 amide bonds. The predicted molar refractivity (Wildman–Crippen MR) is 49.8 cm³/mol. The van der Waals surface area contributed by atoms with Gasteiger partial charge >= 0.3 is 0 Å². The molecule has 0 radical (unpaired) electrons. The Balaban J connectivity index is 2.32. The minimum absolute atomic E-state index is 0.719. The van der Waals surface area contributed by atoms with E-state index in [1.54, 1.807) is 11.3 Å². The van der Waals surface area contributed by atoms with Crippen LogP contribution in [-0.2, 0) is 11.2 Å². The van der Waals surface area contributed by atoms with Gasteiger partial charge in [0.25, 0.3) is 0 Å². The summed E-state index contributed by atoms with van der Waals surface area (Å²) in [6.45, 7) is 0.719. The van der Waals surface area contributed by atoms with Crippen molar-refractivity contribution in [2.24, 2.45) is 0 Å². The Bertz CT molecular complexity index is 236. The average Bonchev–Trinajstić information content (AvgIpc) is 2.37. The molecule has 1 aromatic rings. The quantitative estimate of drug-likeness (QED) is 0.624. The summed E-state index contributed by atoms with van der Waals surface area (Å²) in [7, 11) is 0. The molecule has 0 bridgehead atoms. The van der Waals surface area contributed by atoms with Crippen LogP contribution in [-0.4, -0.2) is 13.0 Å². The van der Waals surface area contributed by atoms with Gasteiger partial charge in [0.1, 0.15) is 0 Å². The molecule has 1 heterocycles. The van der Waals surface area contributed by atoms with Crippen molar-refractivity contribution in [1.82, 2.24) is 5.32 Å². The van der Waals surface area contributed by atoms with Gasteiger partial charge in [0.15, 0.2) is 0 Å². The largest absolute Gasteiger partial charge is 0.358 e. The van der Waals surface area contributed by atoms with Gasteiger partial charge in [-0.15, -0.1) is 11.3 Å². The normalized spacial score (nSPS) is 9.55. The van der Waals surface area contributed by atoms with E-state index in [9.17, 15) is 4.79 Å². The zero-order chi connectivity index (χ0) is 8.10. The molecule has 1 aromatic heterocycles. The highest BCUT2D eigenvalue weighted by molar-refractivity contribution is 9.11. The molecular formula is C7H8BrNOS. The van der Waals surface area contributed by atoms with Crippen LogP contribution in [0.5, 0.6) is 0 Å². The molecule has 0 atom stereocenters. The molecule has 0 saturated carbocycles. The van der Waals surface area contributed by atoms with E-state index in [0.717, 1.165) is 23.2 Å². The van der Waals surface area contributed by atoms with Crippen molar-refractivity contribution < 1.29 is 4.79 Å². The van der Waals surface area contributed by atoms with Crippen molar-refractivity contribution in [3.8, 4) is 0 Å². The topological polar surface area (TPSA) is 29.1 Å². The Morgan fingerprint density at radius 1 is 1.64 bits per heavy atom. The highest BCUT2D eigenvalue weighted by Crippen LogP contribution is 2.21. The molecule has 0 unspecified atom stereocenters. The molecule has 11 heavy (non-hydrogen) atoms. The van der Waals surface area contributed by atoms with E-state index in [2.05, 4.69) is 27.3 Å². The van der Waals surface area contributed by atoms with Crippen molar-refractivity contribution in [3.63, 3.8) is 0 Å². The van der Waals surface area contributed by atoms with E-state index in [4.69, 9.17) is 0 Å². The van der Waals surface area contributed by atoms with Crippen molar-refractivity contribution >= 4 is 33.7 Å². The van der Waals surface area contributed by atoms with Crippen LogP contribution >= 0.6 is 27.3 Å². The minimum atomic E-state index is 0.719. The maximum absolute atomic E-state index is 9.88. The van der Waals surface area contributed by atoms with E-state index in [1.165, 1.54) is 4.88 Å². The van der Waals surface area contributed by atoms with Gasteiger partial charge in [-0.2, -0.15) is 0 Å². The predicted octanol–water partition coefficient (Wildman–Crippen LogP) is 1.80. The number of hydrogen-bond acceptors (Lipinski definition) is 2. The van der Waals surface area contributed by atoms with Gasteiger partial charge in [0, 0.05) is 11.4 Å². The van der Waals surface area contributed by atoms with Crippen LogP contribution in [0, 0.1) is 0 Å². The summed E-state index contributed by atoms with van der Waals surface area (Å²) < 4.78 is 1.14. The lowest BCUT2D eigenvalue weighted by Gasteiger charge is -1.93. The number of carbonyl (C=O) groups excluding carboxylic acids is 1. The fourth-order valence-corrected chi connectivity index (χ4v) is 2.22. The maximum atomic E-state index is 9.88. The second-order valence-electron chi connectivity index (χ2n) is 2.03. The maximum Gasteiger partial charge on any atom is 0.207 e. The molecule has 60 valence electrons. The first kappa shape index (κ1) is 8.74. The van der Waals surface area contributed by atoms with E-state index >= 15 is 0 Å². The van der Waals surface area contributed by atoms with Crippen LogP contribution in [0.2, 0.25) is 0 Å². The monoisotopic (exact) mass is 233 g/mol. The van der Waals surface area contributed by atoms with Crippen LogP contribution < -0.4 is 5.32 Å².